The summed E-state index contributed by atoms with van der Waals surface area (Å²) in [5.41, 5.74) is 5.43. The number of alkyl halides is 3. The highest BCUT2D eigenvalue weighted by molar-refractivity contribution is 6.33. The van der Waals surface area contributed by atoms with E-state index in [1.54, 1.807) is 0 Å². The molecule has 0 radical (unpaired) electrons. The lowest BCUT2D eigenvalue weighted by Crippen LogP contribution is -2.23. The van der Waals surface area contributed by atoms with Crippen LogP contribution in [0.25, 0.3) is 0 Å². The van der Waals surface area contributed by atoms with E-state index in [1.807, 2.05) is 0 Å². The van der Waals surface area contributed by atoms with Gasteiger partial charge in [0.25, 0.3) is 0 Å². The molecule has 3 rings (SSSR count). The van der Waals surface area contributed by atoms with Crippen LogP contribution in [0.15, 0.2) is 18.6 Å². The maximum absolute atomic E-state index is 12.7. The lowest BCUT2D eigenvalue weighted by Gasteiger charge is -2.24. The number of pyridine rings is 1. The predicted octanol–water partition coefficient (Wildman–Crippen LogP) is 4.61. The third kappa shape index (κ3) is 4.27. The Morgan fingerprint density at radius 3 is 2.38 bits per heavy atom. The summed E-state index contributed by atoms with van der Waals surface area (Å²) >= 11 is 5.91. The van der Waals surface area contributed by atoms with E-state index in [1.165, 1.54) is 12.7 Å². The largest absolute Gasteiger partial charge is 0.417 e. The number of hydrogen-bond donors (Lipinski definition) is 3. The van der Waals surface area contributed by atoms with Crippen LogP contribution >= 0.6 is 11.6 Å². The minimum atomic E-state index is -4.51. The van der Waals surface area contributed by atoms with E-state index in [9.17, 15) is 13.2 Å². The molecule has 0 aromatic carbocycles. The highest BCUT2D eigenvalue weighted by atomic mass is 35.5. The second-order valence-electron chi connectivity index (χ2n) is 6.14. The molecular weight excluding hydrogens is 369 g/mol. The molecule has 1 fully saturated rings. The topological polar surface area (TPSA) is 88.8 Å². The smallest absolute Gasteiger partial charge is 0.393 e. The molecule has 0 bridgehead atoms. The Morgan fingerprint density at radius 1 is 1.04 bits per heavy atom. The summed E-state index contributed by atoms with van der Waals surface area (Å²) in [6.45, 7) is 0. The van der Waals surface area contributed by atoms with E-state index >= 15 is 0 Å². The fourth-order valence-electron chi connectivity index (χ4n) is 2.85. The van der Waals surface area contributed by atoms with E-state index < -0.39 is 11.7 Å². The Balaban J connectivity index is 1.79. The van der Waals surface area contributed by atoms with E-state index in [2.05, 4.69) is 25.6 Å². The molecule has 6 nitrogen and oxygen atoms in total. The number of hydrogen-bond acceptors (Lipinski definition) is 6. The zero-order valence-corrected chi connectivity index (χ0v) is 14.5. The number of aromatic nitrogens is 3. The summed E-state index contributed by atoms with van der Waals surface area (Å²) in [5, 5.41) is 5.89. The first-order valence-corrected chi connectivity index (χ1v) is 8.59. The van der Waals surface area contributed by atoms with Crippen molar-refractivity contribution in [3.05, 3.63) is 29.2 Å². The highest BCUT2D eigenvalue weighted by Crippen LogP contribution is 2.34. The minimum Gasteiger partial charge on any atom is -0.393 e. The van der Waals surface area contributed by atoms with Crippen LogP contribution in [0.4, 0.5) is 36.3 Å². The van der Waals surface area contributed by atoms with E-state index in [-0.39, 0.29) is 22.3 Å². The number of nitrogens with zero attached hydrogens (tertiary/aromatic N) is 3. The second-order valence-corrected chi connectivity index (χ2v) is 6.55. The average molecular weight is 387 g/mol. The zero-order chi connectivity index (χ0) is 18.7. The summed E-state index contributed by atoms with van der Waals surface area (Å²) in [6.07, 6.45) is 3.12. The van der Waals surface area contributed by atoms with E-state index in [4.69, 9.17) is 17.3 Å². The monoisotopic (exact) mass is 386 g/mol. The lowest BCUT2D eigenvalue weighted by molar-refractivity contribution is -0.137. The van der Waals surface area contributed by atoms with Gasteiger partial charge in [0.05, 0.1) is 10.6 Å². The molecule has 4 N–H and O–H groups in total. The number of anilines is 4. The lowest BCUT2D eigenvalue weighted by atomic mass is 9.95. The normalized spacial score (nSPS) is 15.7. The van der Waals surface area contributed by atoms with Crippen LogP contribution < -0.4 is 16.4 Å². The van der Waals surface area contributed by atoms with Gasteiger partial charge in [-0.05, 0) is 18.9 Å². The summed E-state index contributed by atoms with van der Waals surface area (Å²) in [7, 11) is 0. The molecular formula is C16H18ClF3N6. The molecule has 140 valence electrons. The average Bonchev–Trinajstić information content (AvgIpc) is 2.60. The summed E-state index contributed by atoms with van der Waals surface area (Å²) in [4.78, 5) is 11.9. The molecule has 0 saturated heterocycles. The van der Waals surface area contributed by atoms with Crippen molar-refractivity contribution in [2.24, 2.45) is 0 Å². The van der Waals surface area contributed by atoms with Crippen LogP contribution in [0.3, 0.4) is 0 Å². The van der Waals surface area contributed by atoms with Crippen LogP contribution in [0.5, 0.6) is 0 Å². The van der Waals surface area contributed by atoms with Gasteiger partial charge in [-0.25, -0.2) is 15.0 Å². The van der Waals surface area contributed by atoms with E-state index in [0.29, 0.717) is 18.1 Å². The van der Waals surface area contributed by atoms with Gasteiger partial charge in [-0.2, -0.15) is 13.2 Å². The van der Waals surface area contributed by atoms with Gasteiger partial charge in [-0.3, -0.25) is 0 Å². The van der Waals surface area contributed by atoms with Crippen molar-refractivity contribution in [1.82, 2.24) is 15.0 Å². The third-order valence-corrected chi connectivity index (χ3v) is 4.52. The molecule has 0 amide bonds. The van der Waals surface area contributed by atoms with Crippen LogP contribution in [-0.2, 0) is 6.18 Å². The maximum Gasteiger partial charge on any atom is 0.417 e. The Kier molecular flexibility index (Phi) is 5.36. The van der Waals surface area contributed by atoms with Crippen molar-refractivity contribution in [2.45, 2.75) is 44.3 Å². The molecule has 1 aliphatic rings. The quantitative estimate of drug-likeness (QED) is 0.710. The van der Waals surface area contributed by atoms with Crippen LogP contribution in [0, 0.1) is 0 Å². The maximum atomic E-state index is 12.7. The predicted molar refractivity (Wildman–Crippen MR) is 94.5 cm³/mol. The minimum absolute atomic E-state index is 0.0358. The fourth-order valence-corrected chi connectivity index (χ4v) is 3.06. The molecule has 10 heteroatoms. The molecule has 2 heterocycles. The van der Waals surface area contributed by atoms with Gasteiger partial charge >= 0.3 is 6.18 Å². The molecule has 0 spiro atoms. The first-order chi connectivity index (χ1) is 12.3. The van der Waals surface area contributed by atoms with Crippen molar-refractivity contribution in [3.63, 3.8) is 0 Å². The van der Waals surface area contributed by atoms with Crippen molar-refractivity contribution in [3.8, 4) is 0 Å². The molecule has 0 unspecified atom stereocenters. The zero-order valence-electron chi connectivity index (χ0n) is 13.8. The van der Waals surface area contributed by atoms with Crippen LogP contribution in [0.2, 0.25) is 5.02 Å². The van der Waals surface area contributed by atoms with Gasteiger partial charge in [0, 0.05) is 12.2 Å². The fraction of sp³-hybridized carbons (Fsp3) is 0.438. The third-order valence-electron chi connectivity index (χ3n) is 4.24. The molecule has 1 aliphatic carbocycles. The number of nitrogen functional groups attached to an aromatic ring is 1. The summed E-state index contributed by atoms with van der Waals surface area (Å²) in [6, 6.07) is 1.09. The second kappa shape index (κ2) is 7.53. The molecule has 2 aromatic rings. The first-order valence-electron chi connectivity index (χ1n) is 8.21. The SMILES string of the molecule is Nc1c(Nc2ncc(C(F)(F)F)cc2Cl)ncnc1NC1CCCCC1. The van der Waals surface area contributed by atoms with Gasteiger partial charge in [0.2, 0.25) is 0 Å². The summed E-state index contributed by atoms with van der Waals surface area (Å²) in [5.74, 6) is 0.749. The van der Waals surface area contributed by atoms with E-state index in [0.717, 1.165) is 31.7 Å². The van der Waals surface area contributed by atoms with Crippen molar-refractivity contribution >= 4 is 34.7 Å². The van der Waals surface area contributed by atoms with Crippen LogP contribution in [0.1, 0.15) is 37.7 Å². The van der Waals surface area contributed by atoms with Crippen molar-refractivity contribution in [1.29, 1.82) is 0 Å². The van der Waals surface area contributed by atoms with Gasteiger partial charge in [0.15, 0.2) is 11.6 Å². The molecule has 0 aliphatic heterocycles. The molecule has 26 heavy (non-hydrogen) atoms. The number of nitrogens with one attached hydrogen (secondary N) is 2. The van der Waals surface area contributed by atoms with Gasteiger partial charge in [-0.1, -0.05) is 30.9 Å². The first kappa shape index (κ1) is 18.5. The number of halogens is 4. The van der Waals surface area contributed by atoms with Crippen molar-refractivity contribution in [2.75, 3.05) is 16.4 Å². The molecule has 1 saturated carbocycles. The van der Waals surface area contributed by atoms with Gasteiger partial charge in [0.1, 0.15) is 17.8 Å². The van der Waals surface area contributed by atoms with Crippen molar-refractivity contribution < 1.29 is 13.2 Å². The number of rotatable bonds is 4. The van der Waals surface area contributed by atoms with Gasteiger partial charge < -0.3 is 16.4 Å². The Hall–Kier alpha value is -2.29. The summed E-state index contributed by atoms with van der Waals surface area (Å²) < 4.78 is 38.1. The highest BCUT2D eigenvalue weighted by Gasteiger charge is 2.31. The van der Waals surface area contributed by atoms with Gasteiger partial charge in [-0.15, -0.1) is 0 Å². The Labute approximate surface area is 153 Å². The van der Waals surface area contributed by atoms with Crippen LogP contribution in [-0.4, -0.2) is 21.0 Å². The Morgan fingerprint density at radius 2 is 1.73 bits per heavy atom. The Bertz CT molecular complexity index is 777. The number of nitrogens with two attached hydrogens (primary N) is 1. The molecule has 0 atom stereocenters. The molecule has 2 aromatic heterocycles. The standard InChI is InChI=1S/C16H18ClF3N6/c17-11-6-9(16(18,19)20)7-22-13(11)26-15-12(21)14(23-8-24-15)25-10-4-2-1-3-5-10/h6-8,10H,1-5,21H2,(H2,22,23,24,25,26).